The van der Waals surface area contributed by atoms with Gasteiger partial charge in [-0.25, -0.2) is 8.78 Å². The number of imide groups is 1. The van der Waals surface area contributed by atoms with E-state index < -0.39 is 35.2 Å². The van der Waals surface area contributed by atoms with Gasteiger partial charge in [-0.1, -0.05) is 6.07 Å². The van der Waals surface area contributed by atoms with Crippen molar-refractivity contribution in [3.8, 4) is 17.6 Å². The lowest BCUT2D eigenvalue weighted by atomic mass is 10.2. The van der Waals surface area contributed by atoms with E-state index in [0.29, 0.717) is 34.9 Å². The molecule has 1 N–H and O–H groups in total. The number of ether oxygens (including phenoxy) is 2. The second-order valence-electron chi connectivity index (χ2n) is 6.30. The molecule has 0 saturated carbocycles. The van der Waals surface area contributed by atoms with Crippen LogP contribution < -0.4 is 14.8 Å². The maximum Gasteiger partial charge on any atom is 0.294 e. The largest absolute Gasteiger partial charge is 0.493 e. The number of methoxy groups -OCH3 is 1. The van der Waals surface area contributed by atoms with Gasteiger partial charge >= 0.3 is 0 Å². The molecule has 0 aromatic heterocycles. The summed E-state index contributed by atoms with van der Waals surface area (Å²) in [5, 5.41) is 10.1. The predicted octanol–water partition coefficient (Wildman–Crippen LogP) is 3.55. The molecule has 11 heteroatoms. The van der Waals surface area contributed by atoms with E-state index in [2.05, 4.69) is 5.32 Å². The SMILES string of the molecule is COc1cc(/C=C2\SC(=O)N(CC(=O)Nc3ccc(F)cc3F)C2=O)ccc1OCC#N. The van der Waals surface area contributed by atoms with Crippen molar-refractivity contribution in [3.63, 3.8) is 0 Å². The normalized spacial score (nSPS) is 14.4. The highest BCUT2D eigenvalue weighted by atomic mass is 32.2. The fraction of sp³-hybridized carbons (Fsp3) is 0.143. The molecule has 3 rings (SSSR count). The van der Waals surface area contributed by atoms with Crippen LogP contribution in [0.1, 0.15) is 5.56 Å². The summed E-state index contributed by atoms with van der Waals surface area (Å²) in [5.41, 5.74) is 0.249. The summed E-state index contributed by atoms with van der Waals surface area (Å²) in [7, 11) is 1.41. The minimum atomic E-state index is -0.983. The molecule has 1 fully saturated rings. The van der Waals surface area contributed by atoms with Crippen LogP contribution in [0.4, 0.5) is 19.3 Å². The molecule has 2 aromatic rings. The quantitative estimate of drug-likeness (QED) is 0.631. The third-order valence-corrected chi connectivity index (χ3v) is 5.07. The Morgan fingerprint density at radius 2 is 2.00 bits per heavy atom. The first-order chi connectivity index (χ1) is 15.3. The zero-order valence-corrected chi connectivity index (χ0v) is 17.4. The second kappa shape index (κ2) is 9.93. The van der Waals surface area contributed by atoms with E-state index in [1.165, 1.54) is 13.2 Å². The number of nitriles is 1. The number of carbonyl (C=O) groups is 3. The van der Waals surface area contributed by atoms with Gasteiger partial charge in [-0.05, 0) is 47.7 Å². The molecular weight excluding hydrogens is 444 g/mol. The van der Waals surface area contributed by atoms with Crippen LogP contribution in [-0.2, 0) is 9.59 Å². The first kappa shape index (κ1) is 22.8. The number of rotatable bonds is 7. The third-order valence-electron chi connectivity index (χ3n) is 4.16. The summed E-state index contributed by atoms with van der Waals surface area (Å²) >= 11 is 0.641. The van der Waals surface area contributed by atoms with Crippen molar-refractivity contribution in [2.24, 2.45) is 0 Å². The van der Waals surface area contributed by atoms with Crippen molar-refractivity contribution in [1.29, 1.82) is 5.26 Å². The van der Waals surface area contributed by atoms with Crippen LogP contribution in [0.15, 0.2) is 41.3 Å². The second-order valence-corrected chi connectivity index (χ2v) is 7.29. The lowest BCUT2D eigenvalue weighted by Gasteiger charge is -2.13. The molecule has 32 heavy (non-hydrogen) atoms. The lowest BCUT2D eigenvalue weighted by Crippen LogP contribution is -2.36. The van der Waals surface area contributed by atoms with Gasteiger partial charge in [-0.3, -0.25) is 19.3 Å². The fourth-order valence-corrected chi connectivity index (χ4v) is 3.55. The zero-order valence-electron chi connectivity index (χ0n) is 16.6. The number of anilines is 1. The number of nitrogens with zero attached hydrogens (tertiary/aromatic N) is 2. The highest BCUT2D eigenvalue weighted by molar-refractivity contribution is 8.18. The molecule has 1 heterocycles. The van der Waals surface area contributed by atoms with Gasteiger partial charge in [0.2, 0.25) is 5.91 Å². The Hall–Kier alpha value is -3.91. The number of amides is 3. The molecule has 1 saturated heterocycles. The molecule has 164 valence electrons. The Balaban J connectivity index is 1.72. The molecular formula is C21H15F2N3O5S. The van der Waals surface area contributed by atoms with Gasteiger partial charge in [0.05, 0.1) is 17.7 Å². The maximum atomic E-state index is 13.7. The number of halogens is 2. The minimum absolute atomic E-state index is 0.0727. The van der Waals surface area contributed by atoms with Crippen LogP contribution in [-0.4, -0.2) is 42.2 Å². The van der Waals surface area contributed by atoms with Crippen molar-refractivity contribution in [1.82, 2.24) is 4.90 Å². The molecule has 0 bridgehead atoms. The van der Waals surface area contributed by atoms with Crippen LogP contribution in [0.3, 0.4) is 0 Å². The number of nitrogens with one attached hydrogen (secondary N) is 1. The Kier molecular flexibility index (Phi) is 7.07. The van der Waals surface area contributed by atoms with E-state index >= 15 is 0 Å². The molecule has 1 aliphatic heterocycles. The van der Waals surface area contributed by atoms with Gasteiger partial charge in [-0.15, -0.1) is 0 Å². The van der Waals surface area contributed by atoms with Crippen molar-refractivity contribution < 1.29 is 32.6 Å². The van der Waals surface area contributed by atoms with Crippen molar-refractivity contribution in [2.75, 3.05) is 25.6 Å². The smallest absolute Gasteiger partial charge is 0.294 e. The summed E-state index contributed by atoms with van der Waals surface area (Å²) in [6.45, 7) is -0.804. The standard InChI is InChI=1S/C21H15F2N3O5S/c1-30-17-8-12(2-5-16(17)31-7-6-24)9-18-20(28)26(21(29)32-18)11-19(27)25-15-4-3-13(22)10-14(15)23/h2-5,8-10H,7,11H2,1H3,(H,25,27)/b18-9-. The number of thioether (sulfide) groups is 1. The number of carbonyl (C=O) groups excluding carboxylic acids is 3. The average Bonchev–Trinajstić information content (AvgIpc) is 3.02. The molecule has 2 aromatic carbocycles. The first-order valence-corrected chi connectivity index (χ1v) is 9.82. The minimum Gasteiger partial charge on any atom is -0.493 e. The fourth-order valence-electron chi connectivity index (χ4n) is 2.72. The Labute approximate surface area is 185 Å². The zero-order chi connectivity index (χ0) is 23.3. The van der Waals surface area contributed by atoms with E-state index in [-0.39, 0.29) is 17.2 Å². The molecule has 0 radical (unpaired) electrons. The number of benzene rings is 2. The summed E-state index contributed by atoms with van der Waals surface area (Å²) in [5.74, 6) is -2.64. The Morgan fingerprint density at radius 1 is 1.22 bits per heavy atom. The molecule has 0 unspecified atom stereocenters. The third kappa shape index (κ3) is 5.22. The average molecular weight is 459 g/mol. The van der Waals surface area contributed by atoms with Crippen molar-refractivity contribution in [3.05, 3.63) is 58.5 Å². The van der Waals surface area contributed by atoms with Crippen LogP contribution in [0.25, 0.3) is 6.08 Å². The molecule has 1 aliphatic rings. The van der Waals surface area contributed by atoms with E-state index in [1.54, 1.807) is 18.2 Å². The van der Waals surface area contributed by atoms with Crippen molar-refractivity contribution in [2.45, 2.75) is 0 Å². The van der Waals surface area contributed by atoms with Gasteiger partial charge in [0.15, 0.2) is 18.1 Å². The van der Waals surface area contributed by atoms with Gasteiger partial charge in [0, 0.05) is 6.07 Å². The molecule has 0 aliphatic carbocycles. The van der Waals surface area contributed by atoms with Gasteiger partial charge in [0.1, 0.15) is 24.2 Å². The van der Waals surface area contributed by atoms with E-state index in [9.17, 15) is 23.2 Å². The van der Waals surface area contributed by atoms with Crippen LogP contribution >= 0.6 is 11.8 Å². The highest BCUT2D eigenvalue weighted by Crippen LogP contribution is 2.34. The topological polar surface area (TPSA) is 109 Å². The summed E-state index contributed by atoms with van der Waals surface area (Å²) < 4.78 is 37.1. The number of hydrogen-bond acceptors (Lipinski definition) is 7. The van der Waals surface area contributed by atoms with E-state index in [1.807, 2.05) is 6.07 Å². The van der Waals surface area contributed by atoms with Crippen LogP contribution in [0, 0.1) is 23.0 Å². The van der Waals surface area contributed by atoms with Crippen molar-refractivity contribution >= 4 is 40.6 Å². The maximum absolute atomic E-state index is 13.7. The van der Waals surface area contributed by atoms with E-state index in [0.717, 1.165) is 17.0 Å². The van der Waals surface area contributed by atoms with E-state index in [4.69, 9.17) is 14.7 Å². The molecule has 3 amide bonds. The summed E-state index contributed by atoms with van der Waals surface area (Å²) in [6.07, 6.45) is 1.44. The summed E-state index contributed by atoms with van der Waals surface area (Å²) in [6, 6.07) is 9.16. The first-order valence-electron chi connectivity index (χ1n) is 9.00. The highest BCUT2D eigenvalue weighted by Gasteiger charge is 2.36. The monoisotopic (exact) mass is 459 g/mol. The van der Waals surface area contributed by atoms with Crippen LogP contribution in [0.2, 0.25) is 0 Å². The molecule has 0 spiro atoms. The predicted molar refractivity (Wildman–Crippen MR) is 112 cm³/mol. The summed E-state index contributed by atoms with van der Waals surface area (Å²) in [4.78, 5) is 37.8. The van der Waals surface area contributed by atoms with Gasteiger partial charge < -0.3 is 14.8 Å². The van der Waals surface area contributed by atoms with Gasteiger partial charge in [0.25, 0.3) is 11.1 Å². The van der Waals surface area contributed by atoms with Crippen LogP contribution in [0.5, 0.6) is 11.5 Å². The lowest BCUT2D eigenvalue weighted by molar-refractivity contribution is -0.127. The van der Waals surface area contributed by atoms with Gasteiger partial charge in [-0.2, -0.15) is 5.26 Å². The number of hydrogen-bond donors (Lipinski definition) is 1. The molecule has 8 nitrogen and oxygen atoms in total. The Morgan fingerprint density at radius 3 is 2.69 bits per heavy atom. The molecule has 0 atom stereocenters. The Bertz CT molecular complexity index is 1160.